The van der Waals surface area contributed by atoms with Crippen molar-refractivity contribution in [3.8, 4) is 0 Å². The van der Waals surface area contributed by atoms with Gasteiger partial charge in [0.05, 0.1) is 19.8 Å². The maximum Gasteiger partial charge on any atom is 0.302 e. The molecule has 5 nitrogen and oxygen atoms in total. The highest BCUT2D eigenvalue weighted by Crippen LogP contribution is 2.03. The highest BCUT2D eigenvalue weighted by molar-refractivity contribution is 5.65. The summed E-state index contributed by atoms with van der Waals surface area (Å²) in [6.45, 7) is 4.23. The maximum absolute atomic E-state index is 10.5. The van der Waals surface area contributed by atoms with E-state index in [1.807, 2.05) is 0 Å². The van der Waals surface area contributed by atoms with Crippen molar-refractivity contribution in [2.45, 2.75) is 39.0 Å². The topological polar surface area (TPSA) is 54.0 Å². The second-order valence-corrected chi connectivity index (χ2v) is 4.03. The molecule has 0 heterocycles. The third kappa shape index (κ3) is 15.4. The molecular weight excluding hydrogens is 236 g/mol. The largest absolute Gasteiger partial charge is 0.466 e. The Labute approximate surface area is 110 Å². The van der Waals surface area contributed by atoms with Gasteiger partial charge in [0, 0.05) is 20.6 Å². The number of unbranched alkanes of at least 4 members (excludes halogenated alkanes) is 4. The summed E-state index contributed by atoms with van der Waals surface area (Å²) in [4.78, 5) is 10.5. The van der Waals surface area contributed by atoms with E-state index in [0.29, 0.717) is 26.6 Å². The summed E-state index contributed by atoms with van der Waals surface area (Å²) in [7, 11) is 1.64. The molecule has 0 bridgehead atoms. The molecule has 0 aliphatic heterocycles. The zero-order valence-corrected chi connectivity index (χ0v) is 11.6. The summed E-state index contributed by atoms with van der Waals surface area (Å²) in [6.07, 6.45) is 5.37. The highest BCUT2D eigenvalue weighted by Gasteiger charge is 1.94. The van der Waals surface area contributed by atoms with Gasteiger partial charge in [0.2, 0.25) is 0 Å². The number of hydrogen-bond donors (Lipinski definition) is 0. The lowest BCUT2D eigenvalue weighted by Gasteiger charge is -2.05. The minimum absolute atomic E-state index is 0.197. The van der Waals surface area contributed by atoms with Gasteiger partial charge < -0.3 is 18.9 Å². The van der Waals surface area contributed by atoms with E-state index < -0.39 is 0 Å². The minimum atomic E-state index is -0.197. The second kappa shape index (κ2) is 14.4. The first-order chi connectivity index (χ1) is 8.77. The molecule has 0 rings (SSSR count). The van der Waals surface area contributed by atoms with Gasteiger partial charge in [0.1, 0.15) is 6.79 Å². The van der Waals surface area contributed by atoms with Crippen LogP contribution in [-0.4, -0.2) is 46.3 Å². The fourth-order valence-corrected chi connectivity index (χ4v) is 1.37. The Balaban J connectivity index is 2.92. The van der Waals surface area contributed by atoms with E-state index in [-0.39, 0.29) is 5.97 Å². The number of carbonyl (C=O) groups excluding carboxylic acids is 1. The SMILES string of the molecule is COCCOCOCCCCCCCOC(C)=O. The van der Waals surface area contributed by atoms with Gasteiger partial charge in [-0.2, -0.15) is 0 Å². The summed E-state index contributed by atoms with van der Waals surface area (Å²) in [6, 6.07) is 0. The zero-order chi connectivity index (χ0) is 13.5. The lowest BCUT2D eigenvalue weighted by molar-refractivity contribution is -0.141. The average molecular weight is 262 g/mol. The molecule has 0 aromatic carbocycles. The molecular formula is C13H26O5. The summed E-state index contributed by atoms with van der Waals surface area (Å²) in [5, 5.41) is 0. The van der Waals surface area contributed by atoms with E-state index in [1.165, 1.54) is 6.92 Å². The normalized spacial score (nSPS) is 10.6. The fourth-order valence-electron chi connectivity index (χ4n) is 1.37. The number of carbonyl (C=O) groups is 1. The fraction of sp³-hybridized carbons (Fsp3) is 0.923. The molecule has 0 saturated carbocycles. The lowest BCUT2D eigenvalue weighted by Crippen LogP contribution is -2.06. The molecule has 0 N–H and O–H groups in total. The number of esters is 1. The van der Waals surface area contributed by atoms with Gasteiger partial charge in [0.15, 0.2) is 0 Å². The quantitative estimate of drug-likeness (QED) is 0.289. The van der Waals surface area contributed by atoms with Crippen LogP contribution in [0.4, 0.5) is 0 Å². The van der Waals surface area contributed by atoms with Gasteiger partial charge in [-0.1, -0.05) is 19.3 Å². The van der Waals surface area contributed by atoms with Crippen LogP contribution in [0.15, 0.2) is 0 Å². The van der Waals surface area contributed by atoms with Gasteiger partial charge in [0.25, 0.3) is 0 Å². The van der Waals surface area contributed by atoms with Gasteiger partial charge in [-0.05, 0) is 12.8 Å². The lowest BCUT2D eigenvalue weighted by atomic mass is 10.1. The predicted octanol–water partition coefficient (Wildman–Crippen LogP) is 2.14. The van der Waals surface area contributed by atoms with Gasteiger partial charge in [-0.15, -0.1) is 0 Å². The van der Waals surface area contributed by atoms with Gasteiger partial charge >= 0.3 is 5.97 Å². The first-order valence-corrected chi connectivity index (χ1v) is 6.55. The van der Waals surface area contributed by atoms with Crippen molar-refractivity contribution in [3.05, 3.63) is 0 Å². The Kier molecular flexibility index (Phi) is 13.9. The van der Waals surface area contributed by atoms with E-state index >= 15 is 0 Å². The Bertz CT molecular complexity index is 184. The predicted molar refractivity (Wildman–Crippen MR) is 68.4 cm³/mol. The maximum atomic E-state index is 10.5. The standard InChI is InChI=1S/C13H26O5/c1-13(14)18-9-7-5-3-4-6-8-16-12-17-11-10-15-2/h3-12H2,1-2H3. The van der Waals surface area contributed by atoms with Crippen LogP contribution in [-0.2, 0) is 23.7 Å². The van der Waals surface area contributed by atoms with Crippen LogP contribution >= 0.6 is 0 Å². The molecule has 0 aromatic rings. The second-order valence-electron chi connectivity index (χ2n) is 4.03. The van der Waals surface area contributed by atoms with Crippen LogP contribution in [0.25, 0.3) is 0 Å². The van der Waals surface area contributed by atoms with Crippen molar-refractivity contribution in [1.29, 1.82) is 0 Å². The number of hydrogen-bond acceptors (Lipinski definition) is 5. The highest BCUT2D eigenvalue weighted by atomic mass is 16.7. The van der Waals surface area contributed by atoms with Crippen LogP contribution in [0.5, 0.6) is 0 Å². The molecule has 18 heavy (non-hydrogen) atoms. The van der Waals surface area contributed by atoms with Crippen molar-refractivity contribution in [2.75, 3.05) is 40.3 Å². The molecule has 0 radical (unpaired) electrons. The van der Waals surface area contributed by atoms with Crippen molar-refractivity contribution in [3.63, 3.8) is 0 Å². The summed E-state index contributed by atoms with van der Waals surface area (Å²) >= 11 is 0. The Hall–Kier alpha value is -0.650. The molecule has 0 saturated heterocycles. The average Bonchev–Trinajstić information content (AvgIpc) is 2.34. The van der Waals surface area contributed by atoms with Gasteiger partial charge in [-0.25, -0.2) is 0 Å². The Morgan fingerprint density at radius 2 is 1.44 bits per heavy atom. The van der Waals surface area contributed by atoms with E-state index in [1.54, 1.807) is 7.11 Å². The molecule has 0 fully saturated rings. The van der Waals surface area contributed by atoms with E-state index in [0.717, 1.165) is 38.7 Å². The number of methoxy groups -OCH3 is 1. The first-order valence-electron chi connectivity index (χ1n) is 6.55. The summed E-state index contributed by atoms with van der Waals surface area (Å²) < 4.78 is 20.1. The van der Waals surface area contributed by atoms with Crippen LogP contribution in [0.2, 0.25) is 0 Å². The van der Waals surface area contributed by atoms with Crippen molar-refractivity contribution < 1.29 is 23.7 Å². The Morgan fingerprint density at radius 1 is 0.833 bits per heavy atom. The van der Waals surface area contributed by atoms with E-state index in [4.69, 9.17) is 18.9 Å². The van der Waals surface area contributed by atoms with E-state index in [2.05, 4.69) is 0 Å². The third-order valence-corrected chi connectivity index (χ3v) is 2.34. The molecule has 0 spiro atoms. The molecule has 108 valence electrons. The van der Waals surface area contributed by atoms with Crippen LogP contribution in [0.1, 0.15) is 39.0 Å². The van der Waals surface area contributed by atoms with Gasteiger partial charge in [-0.3, -0.25) is 4.79 Å². The van der Waals surface area contributed by atoms with Crippen molar-refractivity contribution in [2.24, 2.45) is 0 Å². The monoisotopic (exact) mass is 262 g/mol. The van der Waals surface area contributed by atoms with Crippen molar-refractivity contribution >= 4 is 5.97 Å². The molecule has 0 aromatic heterocycles. The zero-order valence-electron chi connectivity index (χ0n) is 11.6. The van der Waals surface area contributed by atoms with Crippen LogP contribution in [0.3, 0.4) is 0 Å². The smallest absolute Gasteiger partial charge is 0.302 e. The molecule has 0 aliphatic carbocycles. The minimum Gasteiger partial charge on any atom is -0.466 e. The molecule has 5 heteroatoms. The van der Waals surface area contributed by atoms with E-state index in [9.17, 15) is 4.79 Å². The Morgan fingerprint density at radius 3 is 2.11 bits per heavy atom. The van der Waals surface area contributed by atoms with Crippen LogP contribution in [0, 0.1) is 0 Å². The summed E-state index contributed by atoms with van der Waals surface area (Å²) in [5.41, 5.74) is 0. The number of rotatable bonds is 13. The number of ether oxygens (including phenoxy) is 4. The molecule has 0 unspecified atom stereocenters. The molecule has 0 aliphatic rings. The first kappa shape index (κ1) is 17.4. The molecule has 0 amide bonds. The van der Waals surface area contributed by atoms with Crippen molar-refractivity contribution in [1.82, 2.24) is 0 Å². The third-order valence-electron chi connectivity index (χ3n) is 2.34. The molecule has 0 atom stereocenters. The summed E-state index contributed by atoms with van der Waals surface area (Å²) in [5.74, 6) is -0.197. The van der Waals surface area contributed by atoms with Crippen LogP contribution < -0.4 is 0 Å².